The highest BCUT2D eigenvalue weighted by atomic mass is 16.5. The molecule has 6 nitrogen and oxygen atoms in total. The van der Waals surface area contributed by atoms with Gasteiger partial charge in [-0.05, 0) is 67.0 Å². The molecule has 1 atom stereocenters. The average molecular weight is 500 g/mol. The molecule has 6 heteroatoms. The van der Waals surface area contributed by atoms with E-state index in [2.05, 4.69) is 56.2 Å². The lowest BCUT2D eigenvalue weighted by atomic mass is 9.95. The van der Waals surface area contributed by atoms with Crippen molar-refractivity contribution in [2.45, 2.75) is 59.4 Å². The summed E-state index contributed by atoms with van der Waals surface area (Å²) >= 11 is 0. The van der Waals surface area contributed by atoms with E-state index in [0.29, 0.717) is 31.2 Å². The standard InChI is InChI=1S/C31H37N3O3/c1-21(2)16-26(34-28-11-6-5-10-24(28)12-13-29(34)35)19-32-15-14-30(36)37-27-17-25(18-33-20-27)31-22(3)8-7-9-23(31)4/h5-11,17-18,20-21,26,32H,12-16,19H2,1-4H3. The maximum absolute atomic E-state index is 12.9. The highest BCUT2D eigenvalue weighted by Crippen LogP contribution is 2.31. The van der Waals surface area contributed by atoms with Gasteiger partial charge in [0.15, 0.2) is 0 Å². The summed E-state index contributed by atoms with van der Waals surface area (Å²) in [6.07, 6.45) is 5.80. The molecule has 37 heavy (non-hydrogen) atoms. The molecule has 3 aromatic rings. The summed E-state index contributed by atoms with van der Waals surface area (Å²) in [5.74, 6) is 0.739. The fourth-order valence-electron chi connectivity index (χ4n) is 5.20. The Bertz CT molecular complexity index is 1230. The average Bonchev–Trinajstić information content (AvgIpc) is 2.86. The number of hydrogen-bond acceptors (Lipinski definition) is 5. The number of anilines is 1. The molecule has 0 aliphatic carbocycles. The van der Waals surface area contributed by atoms with Crippen molar-refractivity contribution in [3.05, 3.63) is 77.6 Å². The van der Waals surface area contributed by atoms with Gasteiger partial charge in [0.25, 0.3) is 0 Å². The van der Waals surface area contributed by atoms with Gasteiger partial charge >= 0.3 is 5.97 Å². The van der Waals surface area contributed by atoms with Gasteiger partial charge in [-0.1, -0.05) is 50.2 Å². The Balaban J connectivity index is 1.34. The first kappa shape index (κ1) is 26.6. The number of aromatic nitrogens is 1. The van der Waals surface area contributed by atoms with Gasteiger partial charge in [-0.2, -0.15) is 0 Å². The first-order valence-corrected chi connectivity index (χ1v) is 13.2. The molecule has 1 aliphatic heterocycles. The lowest BCUT2D eigenvalue weighted by Gasteiger charge is -2.37. The number of rotatable bonds is 10. The lowest BCUT2D eigenvalue weighted by Crippen LogP contribution is -2.49. The van der Waals surface area contributed by atoms with Crippen molar-refractivity contribution in [3.8, 4) is 16.9 Å². The quantitative estimate of drug-likeness (QED) is 0.289. The van der Waals surface area contributed by atoms with Gasteiger partial charge in [0.2, 0.25) is 5.91 Å². The smallest absolute Gasteiger partial charge is 0.312 e. The Hall–Kier alpha value is -3.51. The van der Waals surface area contributed by atoms with Gasteiger partial charge in [-0.3, -0.25) is 14.6 Å². The predicted octanol–water partition coefficient (Wildman–Crippen LogP) is 5.64. The second-order valence-electron chi connectivity index (χ2n) is 10.3. The summed E-state index contributed by atoms with van der Waals surface area (Å²) in [4.78, 5) is 31.8. The molecule has 0 spiro atoms. The lowest BCUT2D eigenvalue weighted by molar-refractivity contribution is -0.134. The van der Waals surface area contributed by atoms with Crippen LogP contribution in [0.2, 0.25) is 0 Å². The Morgan fingerprint density at radius 1 is 1.05 bits per heavy atom. The summed E-state index contributed by atoms with van der Waals surface area (Å²) in [7, 11) is 0. The SMILES string of the molecule is Cc1cccc(C)c1-c1cncc(OC(=O)CCNCC(CC(C)C)N2C(=O)CCc3ccccc32)c1. The number of para-hydroxylation sites is 1. The third-order valence-corrected chi connectivity index (χ3v) is 6.84. The number of carbonyl (C=O) groups excluding carboxylic acids is 2. The maximum atomic E-state index is 12.9. The Morgan fingerprint density at radius 2 is 1.81 bits per heavy atom. The highest BCUT2D eigenvalue weighted by molar-refractivity contribution is 5.97. The van der Waals surface area contributed by atoms with Crippen molar-refractivity contribution < 1.29 is 14.3 Å². The molecule has 0 saturated carbocycles. The number of benzene rings is 2. The van der Waals surface area contributed by atoms with Gasteiger partial charge in [0.05, 0.1) is 12.6 Å². The summed E-state index contributed by atoms with van der Waals surface area (Å²) in [6, 6.07) is 16.2. The van der Waals surface area contributed by atoms with Crippen LogP contribution in [0.1, 0.15) is 49.8 Å². The first-order valence-electron chi connectivity index (χ1n) is 13.2. The number of nitrogens with zero attached hydrogens (tertiary/aromatic N) is 2. The van der Waals surface area contributed by atoms with E-state index in [1.165, 1.54) is 5.56 Å². The number of ether oxygens (including phenoxy) is 1. The number of pyridine rings is 1. The van der Waals surface area contributed by atoms with E-state index in [4.69, 9.17) is 4.74 Å². The van der Waals surface area contributed by atoms with E-state index in [1.807, 2.05) is 35.2 Å². The topological polar surface area (TPSA) is 71.5 Å². The Labute approximate surface area is 220 Å². The molecule has 0 fully saturated rings. The summed E-state index contributed by atoms with van der Waals surface area (Å²) in [6.45, 7) is 9.57. The fourth-order valence-corrected chi connectivity index (χ4v) is 5.20. The van der Waals surface area contributed by atoms with E-state index in [9.17, 15) is 9.59 Å². The molecule has 1 amide bonds. The minimum Gasteiger partial charge on any atom is -0.425 e. The van der Waals surface area contributed by atoms with Crippen LogP contribution < -0.4 is 15.0 Å². The van der Waals surface area contributed by atoms with Crippen molar-refractivity contribution in [1.82, 2.24) is 10.3 Å². The second kappa shape index (κ2) is 12.2. The van der Waals surface area contributed by atoms with E-state index in [-0.39, 0.29) is 24.3 Å². The number of carbonyl (C=O) groups is 2. The zero-order valence-electron chi connectivity index (χ0n) is 22.3. The molecule has 0 bridgehead atoms. The summed E-state index contributed by atoms with van der Waals surface area (Å²) in [5.41, 5.74) is 6.58. The number of aryl methyl sites for hydroxylation is 3. The van der Waals surface area contributed by atoms with Crippen molar-refractivity contribution >= 4 is 17.6 Å². The van der Waals surface area contributed by atoms with Crippen molar-refractivity contribution in [3.63, 3.8) is 0 Å². The second-order valence-corrected chi connectivity index (χ2v) is 10.3. The van der Waals surface area contributed by atoms with E-state index < -0.39 is 0 Å². The molecule has 1 N–H and O–H groups in total. The molecule has 0 saturated heterocycles. The van der Waals surface area contributed by atoms with Gasteiger partial charge in [0.1, 0.15) is 5.75 Å². The highest BCUT2D eigenvalue weighted by Gasteiger charge is 2.30. The van der Waals surface area contributed by atoms with Crippen LogP contribution in [0.25, 0.3) is 11.1 Å². The molecule has 2 heterocycles. The van der Waals surface area contributed by atoms with Crippen LogP contribution in [0.5, 0.6) is 5.75 Å². The van der Waals surface area contributed by atoms with E-state index in [0.717, 1.165) is 40.8 Å². The van der Waals surface area contributed by atoms with Crippen LogP contribution in [-0.2, 0) is 16.0 Å². The Morgan fingerprint density at radius 3 is 2.57 bits per heavy atom. The van der Waals surface area contributed by atoms with Gasteiger partial charge in [-0.15, -0.1) is 0 Å². The number of esters is 1. The number of fused-ring (bicyclic) bond motifs is 1. The van der Waals surface area contributed by atoms with Crippen LogP contribution in [0.15, 0.2) is 60.9 Å². The summed E-state index contributed by atoms with van der Waals surface area (Å²) < 4.78 is 5.60. The zero-order valence-corrected chi connectivity index (χ0v) is 22.3. The molecule has 1 aromatic heterocycles. The molecular weight excluding hydrogens is 462 g/mol. The third-order valence-electron chi connectivity index (χ3n) is 6.84. The van der Waals surface area contributed by atoms with Gasteiger partial charge in [-0.25, -0.2) is 0 Å². The third kappa shape index (κ3) is 6.63. The monoisotopic (exact) mass is 499 g/mol. The molecule has 1 aliphatic rings. The van der Waals surface area contributed by atoms with E-state index >= 15 is 0 Å². The molecule has 194 valence electrons. The van der Waals surface area contributed by atoms with Crippen LogP contribution in [0.4, 0.5) is 5.69 Å². The normalized spacial score (nSPS) is 14.0. The van der Waals surface area contributed by atoms with Crippen LogP contribution in [-0.4, -0.2) is 36.0 Å². The van der Waals surface area contributed by atoms with Gasteiger partial charge < -0.3 is 15.0 Å². The number of amides is 1. The minimum atomic E-state index is -0.312. The largest absolute Gasteiger partial charge is 0.425 e. The zero-order chi connectivity index (χ0) is 26.4. The van der Waals surface area contributed by atoms with Crippen LogP contribution in [0, 0.1) is 19.8 Å². The first-order chi connectivity index (χ1) is 17.8. The number of hydrogen-bond donors (Lipinski definition) is 1. The van der Waals surface area contributed by atoms with Crippen LogP contribution >= 0.6 is 0 Å². The molecule has 2 aromatic carbocycles. The van der Waals surface area contributed by atoms with Crippen molar-refractivity contribution in [2.75, 3.05) is 18.0 Å². The maximum Gasteiger partial charge on any atom is 0.312 e. The fraction of sp³-hybridized carbons (Fsp3) is 0.387. The number of nitrogens with one attached hydrogen (secondary N) is 1. The van der Waals surface area contributed by atoms with Crippen molar-refractivity contribution in [2.24, 2.45) is 5.92 Å². The molecule has 1 unspecified atom stereocenters. The molecule has 4 rings (SSSR count). The minimum absolute atomic E-state index is 0.0307. The Kier molecular flexibility index (Phi) is 8.72. The van der Waals surface area contributed by atoms with E-state index in [1.54, 1.807) is 12.4 Å². The summed E-state index contributed by atoms with van der Waals surface area (Å²) in [5, 5.41) is 3.40. The molecular formula is C31H37N3O3. The predicted molar refractivity (Wildman–Crippen MR) is 148 cm³/mol. The van der Waals surface area contributed by atoms with Gasteiger partial charge in [0, 0.05) is 43.0 Å². The molecule has 0 radical (unpaired) electrons. The van der Waals surface area contributed by atoms with Crippen molar-refractivity contribution in [1.29, 1.82) is 0 Å². The van der Waals surface area contributed by atoms with Crippen LogP contribution in [0.3, 0.4) is 0 Å².